The van der Waals surface area contributed by atoms with Crippen molar-refractivity contribution in [3.05, 3.63) is 12.2 Å². The molecule has 1 saturated carbocycles. The number of carbonyl (C=O) groups excluding carboxylic acids is 1. The van der Waals surface area contributed by atoms with Crippen molar-refractivity contribution >= 4 is 6.29 Å². The number of hydrogen-bond acceptors (Lipinski definition) is 1. The minimum Gasteiger partial charge on any atom is -0.303 e. The van der Waals surface area contributed by atoms with Gasteiger partial charge in [0.15, 0.2) is 0 Å². The summed E-state index contributed by atoms with van der Waals surface area (Å²) in [6, 6.07) is 0. The van der Waals surface area contributed by atoms with Gasteiger partial charge in [0.2, 0.25) is 0 Å². The van der Waals surface area contributed by atoms with E-state index in [1.54, 1.807) is 0 Å². The van der Waals surface area contributed by atoms with Crippen molar-refractivity contribution in [2.75, 3.05) is 0 Å². The molecule has 0 spiro atoms. The van der Waals surface area contributed by atoms with Gasteiger partial charge in [0.05, 0.1) is 0 Å². The van der Waals surface area contributed by atoms with Crippen LogP contribution in [0.5, 0.6) is 0 Å². The number of hydrogen-bond donors (Lipinski definition) is 0. The van der Waals surface area contributed by atoms with Crippen molar-refractivity contribution in [2.24, 2.45) is 17.8 Å². The van der Waals surface area contributed by atoms with E-state index in [9.17, 15) is 4.79 Å². The lowest BCUT2D eigenvalue weighted by Crippen LogP contribution is -2.07. The summed E-state index contributed by atoms with van der Waals surface area (Å²) in [7, 11) is 0. The van der Waals surface area contributed by atoms with E-state index in [4.69, 9.17) is 0 Å². The van der Waals surface area contributed by atoms with E-state index >= 15 is 0 Å². The van der Waals surface area contributed by atoms with Gasteiger partial charge in [0.1, 0.15) is 6.29 Å². The van der Waals surface area contributed by atoms with Crippen LogP contribution in [-0.4, -0.2) is 6.29 Å². The first-order valence-corrected chi connectivity index (χ1v) is 3.54. The summed E-state index contributed by atoms with van der Waals surface area (Å²) in [5, 5.41) is 0. The van der Waals surface area contributed by atoms with Crippen molar-refractivity contribution < 1.29 is 4.79 Å². The molecule has 0 radical (unpaired) electrons. The first-order valence-electron chi connectivity index (χ1n) is 3.54. The quantitative estimate of drug-likeness (QED) is 0.379. The first kappa shape index (κ1) is 5.21. The highest BCUT2D eigenvalue weighted by Gasteiger charge is 2.34. The van der Waals surface area contributed by atoms with Crippen LogP contribution in [0.4, 0.5) is 0 Å². The smallest absolute Gasteiger partial charge is 0.123 e. The molecule has 0 aliphatic heterocycles. The van der Waals surface area contributed by atoms with E-state index in [1.807, 2.05) is 0 Å². The highest BCUT2D eigenvalue weighted by molar-refractivity contribution is 5.56. The minimum absolute atomic E-state index is 0.361. The fraction of sp³-hybridized carbons (Fsp3) is 0.625. The van der Waals surface area contributed by atoms with E-state index < -0.39 is 0 Å². The number of rotatable bonds is 1. The molecule has 2 rings (SSSR count). The summed E-state index contributed by atoms with van der Waals surface area (Å²) in [4.78, 5) is 10.4. The zero-order valence-electron chi connectivity index (χ0n) is 5.29. The average Bonchev–Trinajstić information content (AvgIpc) is 2.45. The molecule has 0 aromatic heterocycles. The summed E-state index contributed by atoms with van der Waals surface area (Å²) in [6.07, 6.45) is 7.93. The second-order valence-electron chi connectivity index (χ2n) is 3.08. The molecule has 1 nitrogen and oxygen atoms in total. The largest absolute Gasteiger partial charge is 0.303 e. The molecule has 1 heteroatoms. The molecule has 0 N–H and O–H groups in total. The summed E-state index contributed by atoms with van der Waals surface area (Å²) < 4.78 is 0. The van der Waals surface area contributed by atoms with Gasteiger partial charge in [0.25, 0.3) is 0 Å². The standard InChI is InChI=1S/C8H10O/c9-5-8-4-6-1-2-7(8)3-6/h1-2,5-8H,3-4H2/t6-,7-,8-/m0/s1. The van der Waals surface area contributed by atoms with E-state index in [2.05, 4.69) is 12.2 Å². The van der Waals surface area contributed by atoms with Crippen LogP contribution < -0.4 is 0 Å². The van der Waals surface area contributed by atoms with Crippen LogP contribution >= 0.6 is 0 Å². The van der Waals surface area contributed by atoms with Gasteiger partial charge in [-0.15, -0.1) is 0 Å². The maximum absolute atomic E-state index is 10.4. The Kier molecular flexibility index (Phi) is 0.981. The Balaban J connectivity index is 2.19. The lowest BCUT2D eigenvalue weighted by molar-refractivity contribution is -0.111. The lowest BCUT2D eigenvalue weighted by Gasteiger charge is -2.08. The average molecular weight is 122 g/mol. The molecular formula is C8H10O. The summed E-state index contributed by atoms with van der Waals surface area (Å²) >= 11 is 0. The number of allylic oxidation sites excluding steroid dienone is 2. The third-order valence-electron chi connectivity index (χ3n) is 2.51. The molecule has 9 heavy (non-hydrogen) atoms. The minimum atomic E-state index is 0.361. The molecule has 48 valence electrons. The molecular weight excluding hydrogens is 112 g/mol. The fourth-order valence-corrected chi connectivity index (χ4v) is 1.98. The second kappa shape index (κ2) is 1.69. The van der Waals surface area contributed by atoms with E-state index in [-0.39, 0.29) is 0 Å². The highest BCUT2D eigenvalue weighted by Crippen LogP contribution is 2.42. The van der Waals surface area contributed by atoms with Crippen LogP contribution in [-0.2, 0) is 4.79 Å². The van der Waals surface area contributed by atoms with Crippen molar-refractivity contribution in [1.82, 2.24) is 0 Å². The van der Waals surface area contributed by atoms with Crippen LogP contribution in [0, 0.1) is 17.8 Å². The Morgan fingerprint density at radius 1 is 1.33 bits per heavy atom. The SMILES string of the molecule is O=C[C@@H]1C[C@H]2C=C[C@H]1C2. The molecule has 0 aromatic rings. The third-order valence-corrected chi connectivity index (χ3v) is 2.51. The lowest BCUT2D eigenvalue weighted by atomic mass is 9.95. The molecule has 0 unspecified atom stereocenters. The Bertz CT molecular complexity index is 160. The third kappa shape index (κ3) is 0.640. The van der Waals surface area contributed by atoms with E-state index in [0.717, 1.165) is 18.6 Å². The van der Waals surface area contributed by atoms with E-state index in [1.165, 1.54) is 6.42 Å². The molecule has 1 fully saturated rings. The van der Waals surface area contributed by atoms with Gasteiger partial charge in [-0.1, -0.05) is 12.2 Å². The van der Waals surface area contributed by atoms with Crippen molar-refractivity contribution in [2.45, 2.75) is 12.8 Å². The van der Waals surface area contributed by atoms with Gasteiger partial charge < -0.3 is 4.79 Å². The Morgan fingerprint density at radius 2 is 2.22 bits per heavy atom. The molecule has 0 saturated heterocycles. The van der Waals surface area contributed by atoms with E-state index in [0.29, 0.717) is 11.8 Å². The van der Waals surface area contributed by atoms with Gasteiger partial charge in [-0.3, -0.25) is 0 Å². The van der Waals surface area contributed by atoms with Crippen molar-refractivity contribution in [3.63, 3.8) is 0 Å². The zero-order chi connectivity index (χ0) is 6.27. The number of fused-ring (bicyclic) bond motifs is 2. The van der Waals surface area contributed by atoms with Crippen LogP contribution in [0.2, 0.25) is 0 Å². The second-order valence-corrected chi connectivity index (χ2v) is 3.08. The Labute approximate surface area is 54.8 Å². The van der Waals surface area contributed by atoms with Crippen LogP contribution in [0.3, 0.4) is 0 Å². The highest BCUT2D eigenvalue weighted by atomic mass is 16.1. The molecule has 2 aliphatic carbocycles. The first-order chi connectivity index (χ1) is 4.40. The Morgan fingerprint density at radius 3 is 2.56 bits per heavy atom. The Hall–Kier alpha value is -0.590. The normalized spacial score (nSPS) is 46.0. The molecule has 0 amide bonds. The fourth-order valence-electron chi connectivity index (χ4n) is 1.98. The predicted molar refractivity (Wildman–Crippen MR) is 34.9 cm³/mol. The van der Waals surface area contributed by atoms with Crippen LogP contribution in [0.25, 0.3) is 0 Å². The number of carbonyl (C=O) groups is 1. The topological polar surface area (TPSA) is 17.1 Å². The van der Waals surface area contributed by atoms with Crippen molar-refractivity contribution in [3.8, 4) is 0 Å². The number of aldehydes is 1. The van der Waals surface area contributed by atoms with Crippen LogP contribution in [0.15, 0.2) is 12.2 Å². The monoisotopic (exact) mass is 122 g/mol. The maximum atomic E-state index is 10.4. The van der Waals surface area contributed by atoms with Crippen molar-refractivity contribution in [1.29, 1.82) is 0 Å². The van der Waals surface area contributed by atoms with Gasteiger partial charge >= 0.3 is 0 Å². The van der Waals surface area contributed by atoms with Gasteiger partial charge in [-0.05, 0) is 24.7 Å². The summed E-state index contributed by atoms with van der Waals surface area (Å²) in [6.45, 7) is 0. The molecule has 3 atom stereocenters. The van der Waals surface area contributed by atoms with Gasteiger partial charge in [0, 0.05) is 5.92 Å². The zero-order valence-corrected chi connectivity index (χ0v) is 5.29. The van der Waals surface area contributed by atoms with Gasteiger partial charge in [-0.25, -0.2) is 0 Å². The van der Waals surface area contributed by atoms with Gasteiger partial charge in [-0.2, -0.15) is 0 Å². The summed E-state index contributed by atoms with van der Waals surface area (Å²) in [5.74, 6) is 1.71. The van der Waals surface area contributed by atoms with Crippen LogP contribution in [0.1, 0.15) is 12.8 Å². The molecule has 0 aromatic carbocycles. The summed E-state index contributed by atoms with van der Waals surface area (Å²) in [5.41, 5.74) is 0. The predicted octanol–water partition coefficient (Wildman–Crippen LogP) is 1.40. The molecule has 2 aliphatic rings. The molecule has 0 heterocycles. The molecule has 2 bridgehead atoms. The maximum Gasteiger partial charge on any atom is 0.123 e.